The van der Waals surface area contributed by atoms with Crippen LogP contribution < -0.4 is 15.5 Å². The molecule has 2 aromatic rings. The van der Waals surface area contributed by atoms with Crippen molar-refractivity contribution < 1.29 is 0 Å². The molecule has 0 saturated carbocycles. The van der Waals surface area contributed by atoms with Crippen LogP contribution in [-0.4, -0.2) is 42.1 Å². The number of aromatic nitrogens is 3. The maximum atomic E-state index is 4.93. The Bertz CT molecular complexity index is 887. The number of nitrogens with zero attached hydrogens (tertiary/aromatic N) is 4. The third-order valence-electron chi connectivity index (χ3n) is 6.00. The molecule has 0 aliphatic carbocycles. The molecule has 2 N–H and O–H groups in total. The fourth-order valence-corrected chi connectivity index (χ4v) is 4.61. The van der Waals surface area contributed by atoms with Crippen molar-refractivity contribution in [1.29, 1.82) is 0 Å². The van der Waals surface area contributed by atoms with Gasteiger partial charge in [-0.05, 0) is 31.0 Å². The molecular weight excluding hydrogens is 348 g/mol. The van der Waals surface area contributed by atoms with Crippen molar-refractivity contribution >= 4 is 5.69 Å². The van der Waals surface area contributed by atoms with Crippen molar-refractivity contribution in [2.75, 3.05) is 32.1 Å². The number of aryl methyl sites for hydroxylation is 1. The Kier molecular flexibility index (Phi) is 5.10. The van der Waals surface area contributed by atoms with E-state index in [1.54, 1.807) is 0 Å². The molecule has 0 fully saturated rings. The molecule has 0 spiro atoms. The predicted octanol–water partition coefficient (Wildman–Crippen LogP) is 2.06. The monoisotopic (exact) mass is 380 g/mol. The van der Waals surface area contributed by atoms with E-state index in [1.807, 2.05) is 13.1 Å². The van der Waals surface area contributed by atoms with Gasteiger partial charge in [0.25, 0.3) is 0 Å². The van der Waals surface area contributed by atoms with Crippen LogP contribution >= 0.6 is 0 Å². The molecule has 0 aromatic carbocycles. The number of hydrogen-bond acceptors (Lipinski definition) is 6. The summed E-state index contributed by atoms with van der Waals surface area (Å²) in [6.07, 6.45) is 4.96. The largest absolute Gasteiger partial charge is 0.376 e. The lowest BCUT2D eigenvalue weighted by atomic mass is 9.79. The molecule has 150 valence electrons. The minimum Gasteiger partial charge on any atom is -0.376 e. The molecule has 0 unspecified atom stereocenters. The Morgan fingerprint density at radius 1 is 1.00 bits per heavy atom. The molecule has 0 amide bonds. The van der Waals surface area contributed by atoms with Crippen LogP contribution in [0.2, 0.25) is 0 Å². The van der Waals surface area contributed by atoms with Gasteiger partial charge in [0.1, 0.15) is 5.82 Å². The summed E-state index contributed by atoms with van der Waals surface area (Å²) in [5.41, 5.74) is 8.88. The maximum Gasteiger partial charge on any atom is 0.125 e. The molecule has 0 atom stereocenters. The van der Waals surface area contributed by atoms with E-state index in [4.69, 9.17) is 15.0 Å². The van der Waals surface area contributed by atoms with Gasteiger partial charge in [0, 0.05) is 63.2 Å². The molecule has 0 bridgehead atoms. The van der Waals surface area contributed by atoms with Crippen LogP contribution in [-0.2, 0) is 37.8 Å². The van der Waals surface area contributed by atoms with Crippen LogP contribution in [0.3, 0.4) is 0 Å². The molecule has 0 radical (unpaired) electrons. The fraction of sp³-hybridized carbons (Fsp3) is 0.591. The van der Waals surface area contributed by atoms with Crippen molar-refractivity contribution in [3.05, 3.63) is 45.8 Å². The van der Waals surface area contributed by atoms with Crippen molar-refractivity contribution in [3.8, 4) is 0 Å². The summed E-state index contributed by atoms with van der Waals surface area (Å²) >= 11 is 0. The highest BCUT2D eigenvalue weighted by atomic mass is 15.1. The lowest BCUT2D eigenvalue weighted by Crippen LogP contribution is -2.33. The molecule has 2 aliphatic rings. The minimum absolute atomic E-state index is 0.0952. The van der Waals surface area contributed by atoms with Crippen molar-refractivity contribution in [2.24, 2.45) is 0 Å². The molecule has 6 nitrogen and oxygen atoms in total. The van der Waals surface area contributed by atoms with Gasteiger partial charge in [0.05, 0.1) is 23.3 Å². The van der Waals surface area contributed by atoms with Crippen LogP contribution in [0.25, 0.3) is 0 Å². The van der Waals surface area contributed by atoms with Gasteiger partial charge >= 0.3 is 0 Å². The second kappa shape index (κ2) is 7.41. The van der Waals surface area contributed by atoms with E-state index in [-0.39, 0.29) is 5.41 Å². The van der Waals surface area contributed by atoms with Crippen molar-refractivity contribution in [3.63, 3.8) is 0 Å². The second-order valence-corrected chi connectivity index (χ2v) is 8.90. The van der Waals surface area contributed by atoms with Crippen molar-refractivity contribution in [2.45, 2.75) is 58.5 Å². The van der Waals surface area contributed by atoms with Gasteiger partial charge in [-0.2, -0.15) is 0 Å². The summed E-state index contributed by atoms with van der Waals surface area (Å²) in [7, 11) is 4.19. The fourth-order valence-electron chi connectivity index (χ4n) is 4.61. The number of hydrogen-bond donors (Lipinski definition) is 2. The van der Waals surface area contributed by atoms with Gasteiger partial charge in [-0.15, -0.1) is 0 Å². The molecule has 2 aliphatic heterocycles. The quantitative estimate of drug-likeness (QED) is 0.846. The van der Waals surface area contributed by atoms with Gasteiger partial charge in [-0.25, -0.2) is 9.97 Å². The van der Waals surface area contributed by atoms with Gasteiger partial charge in [0.15, 0.2) is 0 Å². The van der Waals surface area contributed by atoms with Crippen LogP contribution in [0.5, 0.6) is 0 Å². The lowest BCUT2D eigenvalue weighted by molar-refractivity contribution is 0.473. The van der Waals surface area contributed by atoms with Gasteiger partial charge in [-0.3, -0.25) is 4.98 Å². The van der Waals surface area contributed by atoms with Gasteiger partial charge in [-0.1, -0.05) is 13.8 Å². The molecule has 4 rings (SSSR count). The summed E-state index contributed by atoms with van der Waals surface area (Å²) in [5.74, 6) is 0.880. The standard InChI is InChI=1S/C22H32N6/c1-14-26-18-7-9-24-12-17(18)21(27-14)22(2,3)10-19-15-6-8-23-11-16(15)20(13-25-19)28(4)5/h13,23-24H,6-12H2,1-5H3. The van der Waals surface area contributed by atoms with E-state index in [0.29, 0.717) is 0 Å². The number of pyridine rings is 1. The normalized spacial score (nSPS) is 16.5. The van der Waals surface area contributed by atoms with Crippen LogP contribution in [0, 0.1) is 6.92 Å². The van der Waals surface area contributed by atoms with E-state index in [2.05, 4.69) is 43.5 Å². The van der Waals surface area contributed by atoms with Crippen LogP contribution in [0.15, 0.2) is 6.20 Å². The van der Waals surface area contributed by atoms with Crippen LogP contribution in [0.1, 0.15) is 53.4 Å². The first-order chi connectivity index (χ1) is 13.4. The molecule has 2 aromatic heterocycles. The Morgan fingerprint density at radius 3 is 2.46 bits per heavy atom. The average Bonchev–Trinajstić information content (AvgIpc) is 2.67. The Balaban J connectivity index is 1.74. The van der Waals surface area contributed by atoms with E-state index in [1.165, 1.54) is 39.5 Å². The SMILES string of the molecule is Cc1nc2c(c(C(C)(C)Cc3ncc(N(C)C)c4c3CCNC4)n1)CNCC2. The molecule has 6 heteroatoms. The summed E-state index contributed by atoms with van der Waals surface area (Å²) in [6, 6.07) is 0. The molecule has 0 saturated heterocycles. The molecule has 28 heavy (non-hydrogen) atoms. The summed E-state index contributed by atoms with van der Waals surface area (Å²) in [6.45, 7) is 10.4. The number of fused-ring (bicyclic) bond motifs is 2. The molecular formula is C22H32N6. The first kappa shape index (κ1) is 19.3. The first-order valence-electron chi connectivity index (χ1n) is 10.3. The van der Waals surface area contributed by atoms with E-state index >= 15 is 0 Å². The number of anilines is 1. The Labute approximate surface area is 168 Å². The third-order valence-corrected chi connectivity index (χ3v) is 6.00. The zero-order valence-electron chi connectivity index (χ0n) is 17.8. The highest BCUT2D eigenvalue weighted by molar-refractivity contribution is 5.56. The smallest absolute Gasteiger partial charge is 0.125 e. The number of nitrogens with one attached hydrogen (secondary N) is 2. The minimum atomic E-state index is -0.0952. The summed E-state index contributed by atoms with van der Waals surface area (Å²) in [4.78, 5) is 16.7. The zero-order chi connectivity index (χ0) is 19.9. The Hall–Kier alpha value is -2.05. The molecule has 4 heterocycles. The predicted molar refractivity (Wildman–Crippen MR) is 113 cm³/mol. The van der Waals surface area contributed by atoms with Crippen molar-refractivity contribution in [1.82, 2.24) is 25.6 Å². The average molecular weight is 381 g/mol. The first-order valence-corrected chi connectivity index (χ1v) is 10.3. The number of rotatable bonds is 4. The zero-order valence-corrected chi connectivity index (χ0v) is 17.8. The van der Waals surface area contributed by atoms with E-state index < -0.39 is 0 Å². The van der Waals surface area contributed by atoms with Crippen LogP contribution in [0.4, 0.5) is 5.69 Å². The Morgan fingerprint density at radius 2 is 1.71 bits per heavy atom. The topological polar surface area (TPSA) is 66.0 Å². The summed E-state index contributed by atoms with van der Waals surface area (Å²) < 4.78 is 0. The van der Waals surface area contributed by atoms with Gasteiger partial charge < -0.3 is 15.5 Å². The second-order valence-electron chi connectivity index (χ2n) is 8.90. The summed E-state index contributed by atoms with van der Waals surface area (Å²) in [5, 5.41) is 7.02. The van der Waals surface area contributed by atoms with E-state index in [0.717, 1.165) is 51.3 Å². The third kappa shape index (κ3) is 3.51. The van der Waals surface area contributed by atoms with E-state index in [9.17, 15) is 0 Å². The highest BCUT2D eigenvalue weighted by Gasteiger charge is 2.31. The van der Waals surface area contributed by atoms with Gasteiger partial charge in [0.2, 0.25) is 0 Å². The highest BCUT2D eigenvalue weighted by Crippen LogP contribution is 2.34. The lowest BCUT2D eigenvalue weighted by Gasteiger charge is -2.32. The maximum absolute atomic E-state index is 4.93.